The van der Waals surface area contributed by atoms with Crippen molar-refractivity contribution in [2.45, 2.75) is 0 Å². The normalized spacial score (nSPS) is 14.4. The van der Waals surface area contributed by atoms with E-state index in [0.717, 1.165) is 5.56 Å². The summed E-state index contributed by atoms with van der Waals surface area (Å²) in [6, 6.07) is 3.71. The molecule has 0 aliphatic heterocycles. The second-order valence-electron chi connectivity index (χ2n) is 3.49. The molecular formula is C16H16O2. The molecule has 0 N–H and O–H groups in total. The van der Waals surface area contributed by atoms with E-state index in [1.54, 1.807) is 31.4 Å². The molecule has 2 nitrogen and oxygen atoms in total. The van der Waals surface area contributed by atoms with Gasteiger partial charge in [0.05, 0.1) is 21.1 Å². The first kappa shape index (κ1) is 7.27. The van der Waals surface area contributed by atoms with Crippen molar-refractivity contribution in [1.82, 2.24) is 0 Å². The molecule has 0 radical (unpaired) electrons. The molecule has 0 saturated carbocycles. The van der Waals surface area contributed by atoms with Crippen LogP contribution in [0.2, 0.25) is 0 Å². The van der Waals surface area contributed by atoms with Crippen LogP contribution in [0.5, 0.6) is 11.5 Å². The Morgan fingerprint density at radius 2 is 1.56 bits per heavy atom. The van der Waals surface area contributed by atoms with E-state index in [1.807, 2.05) is 0 Å². The molecule has 0 aliphatic carbocycles. The first-order chi connectivity index (χ1) is 10.9. The van der Waals surface area contributed by atoms with Gasteiger partial charge < -0.3 is 9.47 Å². The molecule has 0 fully saturated rings. The summed E-state index contributed by atoms with van der Waals surface area (Å²) in [5, 5.41) is 0. The van der Waals surface area contributed by atoms with Crippen molar-refractivity contribution in [3.8, 4) is 11.5 Å². The van der Waals surface area contributed by atoms with Gasteiger partial charge >= 0.3 is 0 Å². The molecule has 0 aliphatic rings. The van der Waals surface area contributed by atoms with Gasteiger partial charge in [0.2, 0.25) is 0 Å². The van der Waals surface area contributed by atoms with Crippen molar-refractivity contribution in [3.05, 3.63) is 59.5 Å². The van der Waals surface area contributed by atoms with Crippen molar-refractivity contribution in [2.24, 2.45) is 0 Å². The SMILES string of the molecule is [2H]c1c([2H])c([2H])c(C=Cc2ccc(OC)c(OC)c2)c([2H])c1[2H]. The van der Waals surface area contributed by atoms with Crippen molar-refractivity contribution >= 4 is 12.2 Å². The van der Waals surface area contributed by atoms with Crippen LogP contribution in [0.15, 0.2) is 48.4 Å². The molecule has 18 heavy (non-hydrogen) atoms. The third-order valence-corrected chi connectivity index (χ3v) is 2.37. The van der Waals surface area contributed by atoms with E-state index in [0.29, 0.717) is 11.5 Å². The molecule has 2 rings (SSSR count). The Balaban J connectivity index is 2.45. The monoisotopic (exact) mass is 245 g/mol. The Morgan fingerprint density at radius 1 is 0.889 bits per heavy atom. The Bertz CT molecular complexity index is 743. The zero-order valence-corrected chi connectivity index (χ0v) is 10.2. The molecule has 0 unspecified atom stereocenters. The lowest BCUT2D eigenvalue weighted by Crippen LogP contribution is -1.90. The maximum absolute atomic E-state index is 7.88. The summed E-state index contributed by atoms with van der Waals surface area (Å²) in [7, 11) is 3.07. The summed E-state index contributed by atoms with van der Waals surface area (Å²) in [5.41, 5.74) is 0.903. The van der Waals surface area contributed by atoms with Gasteiger partial charge in [-0.2, -0.15) is 0 Å². The number of hydrogen-bond donors (Lipinski definition) is 0. The van der Waals surface area contributed by atoms with Crippen LogP contribution in [0.1, 0.15) is 18.0 Å². The summed E-state index contributed by atoms with van der Waals surface area (Å²) in [5.74, 6) is 1.14. The highest BCUT2D eigenvalue weighted by Gasteiger charge is 2.02. The van der Waals surface area contributed by atoms with E-state index in [2.05, 4.69) is 0 Å². The van der Waals surface area contributed by atoms with Gasteiger partial charge in [0.1, 0.15) is 0 Å². The Morgan fingerprint density at radius 3 is 2.22 bits per heavy atom. The molecule has 2 aromatic rings. The number of ether oxygens (including phenoxy) is 2. The molecule has 0 amide bonds. The predicted octanol–water partition coefficient (Wildman–Crippen LogP) is 3.87. The quantitative estimate of drug-likeness (QED) is 0.761. The minimum Gasteiger partial charge on any atom is -0.493 e. The standard InChI is InChI=1S/C16H16O2/c1-17-15-11-10-14(12-16(15)18-2)9-8-13-6-4-3-5-7-13/h3-12H,1-2H3/i3D,4D,5D,6D,7D. The summed E-state index contributed by atoms with van der Waals surface area (Å²) in [6.45, 7) is 0. The van der Waals surface area contributed by atoms with Gasteiger partial charge in [0.15, 0.2) is 11.5 Å². The van der Waals surface area contributed by atoms with Gasteiger partial charge in [-0.05, 0) is 23.3 Å². The highest BCUT2D eigenvalue weighted by molar-refractivity contribution is 5.70. The van der Waals surface area contributed by atoms with Gasteiger partial charge in [-0.1, -0.05) is 48.4 Å². The number of benzene rings is 2. The number of hydrogen-bond acceptors (Lipinski definition) is 2. The van der Waals surface area contributed by atoms with Crippen LogP contribution in [-0.2, 0) is 0 Å². The van der Waals surface area contributed by atoms with Crippen molar-refractivity contribution in [1.29, 1.82) is 0 Å². The summed E-state index contributed by atoms with van der Waals surface area (Å²) < 4.78 is 49.0. The second-order valence-corrected chi connectivity index (χ2v) is 3.49. The zero-order chi connectivity index (χ0) is 17.1. The molecule has 2 heteroatoms. The minimum absolute atomic E-state index is 0.144. The van der Waals surface area contributed by atoms with Crippen LogP contribution in [0.25, 0.3) is 12.2 Å². The minimum atomic E-state index is -0.400. The van der Waals surface area contributed by atoms with E-state index < -0.39 is 6.04 Å². The summed E-state index contributed by atoms with van der Waals surface area (Å²) >= 11 is 0. The highest BCUT2D eigenvalue weighted by atomic mass is 16.5. The number of rotatable bonds is 4. The van der Waals surface area contributed by atoms with Crippen LogP contribution in [0.3, 0.4) is 0 Å². The second kappa shape index (κ2) is 5.92. The maximum atomic E-state index is 7.88. The molecule has 0 aromatic heterocycles. The van der Waals surface area contributed by atoms with Gasteiger partial charge in [0.25, 0.3) is 0 Å². The Kier molecular flexibility index (Phi) is 2.39. The zero-order valence-electron chi connectivity index (χ0n) is 15.2. The van der Waals surface area contributed by atoms with E-state index in [1.165, 1.54) is 13.2 Å². The van der Waals surface area contributed by atoms with Gasteiger partial charge in [0, 0.05) is 0 Å². The van der Waals surface area contributed by atoms with Gasteiger partial charge in [-0.15, -0.1) is 0 Å². The van der Waals surface area contributed by atoms with Gasteiger partial charge in [-0.25, -0.2) is 0 Å². The molecule has 0 bridgehead atoms. The van der Waals surface area contributed by atoms with E-state index in [9.17, 15) is 0 Å². The highest BCUT2D eigenvalue weighted by Crippen LogP contribution is 2.28. The fourth-order valence-electron chi connectivity index (χ4n) is 1.48. The van der Waals surface area contributed by atoms with Crippen LogP contribution in [-0.4, -0.2) is 14.2 Å². The lowest BCUT2D eigenvalue weighted by Gasteiger charge is -2.07. The molecular weight excluding hydrogens is 224 g/mol. The predicted molar refractivity (Wildman–Crippen MR) is 74.9 cm³/mol. The maximum Gasteiger partial charge on any atom is 0.161 e. The third-order valence-electron chi connectivity index (χ3n) is 2.37. The molecule has 92 valence electrons. The Hall–Kier alpha value is -2.22. The smallest absolute Gasteiger partial charge is 0.161 e. The fraction of sp³-hybridized carbons (Fsp3) is 0.125. The largest absolute Gasteiger partial charge is 0.493 e. The van der Waals surface area contributed by atoms with Crippen molar-refractivity contribution in [3.63, 3.8) is 0 Å². The van der Waals surface area contributed by atoms with E-state index in [4.69, 9.17) is 16.3 Å². The van der Waals surface area contributed by atoms with Crippen molar-refractivity contribution < 1.29 is 16.3 Å². The molecule has 0 saturated heterocycles. The first-order valence-corrected chi connectivity index (χ1v) is 5.37. The number of methoxy groups -OCH3 is 2. The average molecular weight is 245 g/mol. The lowest BCUT2D eigenvalue weighted by atomic mass is 10.1. The molecule has 0 atom stereocenters. The van der Waals surface area contributed by atoms with Crippen LogP contribution < -0.4 is 9.47 Å². The lowest BCUT2D eigenvalue weighted by molar-refractivity contribution is 0.355. The summed E-state index contributed by atoms with van der Waals surface area (Å²) in [6.07, 6.45) is 3.16. The fourth-order valence-corrected chi connectivity index (χ4v) is 1.48. The van der Waals surface area contributed by atoms with E-state index >= 15 is 0 Å². The topological polar surface area (TPSA) is 18.5 Å². The summed E-state index contributed by atoms with van der Waals surface area (Å²) in [4.78, 5) is 0. The Labute approximate surface area is 115 Å². The van der Waals surface area contributed by atoms with Gasteiger partial charge in [-0.3, -0.25) is 0 Å². The van der Waals surface area contributed by atoms with Crippen LogP contribution >= 0.6 is 0 Å². The van der Waals surface area contributed by atoms with Crippen LogP contribution in [0, 0.1) is 0 Å². The third kappa shape index (κ3) is 2.92. The van der Waals surface area contributed by atoms with Crippen molar-refractivity contribution in [2.75, 3.05) is 14.2 Å². The molecule has 0 spiro atoms. The van der Waals surface area contributed by atoms with E-state index in [-0.39, 0.29) is 29.7 Å². The van der Waals surface area contributed by atoms with Crippen LogP contribution in [0.4, 0.5) is 0 Å². The molecule has 2 aromatic carbocycles. The first-order valence-electron chi connectivity index (χ1n) is 7.87. The molecule has 0 heterocycles. The average Bonchev–Trinajstić information content (AvgIpc) is 2.57.